The van der Waals surface area contributed by atoms with E-state index < -0.39 is 0 Å². The third-order valence-corrected chi connectivity index (χ3v) is 7.08. The molecule has 8 nitrogen and oxygen atoms in total. The third-order valence-electron chi connectivity index (χ3n) is 6.76. The lowest BCUT2D eigenvalue weighted by molar-refractivity contribution is -0.117. The topological polar surface area (TPSA) is 122 Å². The molecule has 1 saturated carbocycles. The SMILES string of the molecule is N/N=C(\NN)C1CCN(c2ccc3c(NC(=O)CC4CCCCC4)c(Cl)ccc3n2)CC1. The fraction of sp³-hybridized carbons (Fsp3) is 0.522. The van der Waals surface area contributed by atoms with Crippen molar-refractivity contribution in [3.8, 4) is 0 Å². The van der Waals surface area contributed by atoms with E-state index in [0.29, 0.717) is 28.9 Å². The molecule has 2 aromatic rings. The van der Waals surface area contributed by atoms with Gasteiger partial charge in [-0.3, -0.25) is 4.79 Å². The van der Waals surface area contributed by atoms with Gasteiger partial charge in [0, 0.05) is 30.8 Å². The van der Waals surface area contributed by atoms with E-state index in [2.05, 4.69) is 20.7 Å². The Hall–Kier alpha value is -2.58. The molecule has 9 heteroatoms. The summed E-state index contributed by atoms with van der Waals surface area (Å²) in [7, 11) is 0. The number of nitrogens with zero attached hydrogens (tertiary/aromatic N) is 3. The van der Waals surface area contributed by atoms with Gasteiger partial charge in [-0.2, -0.15) is 5.10 Å². The molecule has 2 aliphatic rings. The van der Waals surface area contributed by atoms with Crippen LogP contribution in [0.4, 0.5) is 11.5 Å². The molecule has 1 aliphatic heterocycles. The van der Waals surface area contributed by atoms with Crippen molar-refractivity contribution in [2.24, 2.45) is 28.6 Å². The number of amidine groups is 1. The number of benzene rings is 1. The van der Waals surface area contributed by atoms with Gasteiger partial charge in [-0.15, -0.1) is 0 Å². The fourth-order valence-corrected chi connectivity index (χ4v) is 5.17. The van der Waals surface area contributed by atoms with E-state index in [1.54, 1.807) is 6.07 Å². The molecule has 0 radical (unpaired) electrons. The zero-order valence-electron chi connectivity index (χ0n) is 18.3. The number of hydrogen-bond donors (Lipinski definition) is 4. The van der Waals surface area contributed by atoms with Crippen molar-refractivity contribution < 1.29 is 4.79 Å². The van der Waals surface area contributed by atoms with Crippen molar-refractivity contribution >= 4 is 45.8 Å². The number of amides is 1. The summed E-state index contributed by atoms with van der Waals surface area (Å²) in [4.78, 5) is 19.8. The van der Waals surface area contributed by atoms with Crippen LogP contribution in [-0.2, 0) is 4.79 Å². The molecule has 0 atom stereocenters. The number of fused-ring (bicyclic) bond motifs is 1. The summed E-state index contributed by atoms with van der Waals surface area (Å²) in [6.45, 7) is 1.67. The first kappa shape index (κ1) is 22.6. The van der Waals surface area contributed by atoms with Crippen molar-refractivity contribution in [1.29, 1.82) is 0 Å². The number of nitrogens with two attached hydrogens (primary N) is 2. The predicted molar refractivity (Wildman–Crippen MR) is 130 cm³/mol. The zero-order valence-corrected chi connectivity index (χ0v) is 19.1. The molecule has 32 heavy (non-hydrogen) atoms. The second-order valence-corrected chi connectivity index (χ2v) is 9.24. The van der Waals surface area contributed by atoms with E-state index in [9.17, 15) is 4.79 Å². The van der Waals surface area contributed by atoms with Crippen LogP contribution in [0.15, 0.2) is 29.4 Å². The smallest absolute Gasteiger partial charge is 0.224 e. The van der Waals surface area contributed by atoms with Gasteiger partial charge < -0.3 is 21.5 Å². The van der Waals surface area contributed by atoms with Gasteiger partial charge in [0.2, 0.25) is 5.91 Å². The normalized spacial score (nSPS) is 18.7. The van der Waals surface area contributed by atoms with Crippen LogP contribution >= 0.6 is 11.6 Å². The minimum absolute atomic E-state index is 0.0309. The Bertz CT molecular complexity index is 982. The van der Waals surface area contributed by atoms with Gasteiger partial charge in [-0.05, 0) is 55.9 Å². The van der Waals surface area contributed by atoms with Gasteiger partial charge in [0.1, 0.15) is 11.7 Å². The highest BCUT2D eigenvalue weighted by molar-refractivity contribution is 6.35. The molecule has 1 aliphatic carbocycles. The van der Waals surface area contributed by atoms with E-state index in [-0.39, 0.29) is 11.8 Å². The number of nitrogens with one attached hydrogen (secondary N) is 2. The fourth-order valence-electron chi connectivity index (χ4n) is 4.96. The lowest BCUT2D eigenvalue weighted by Crippen LogP contribution is -2.43. The highest BCUT2D eigenvalue weighted by atomic mass is 35.5. The first-order valence-corrected chi connectivity index (χ1v) is 11.8. The van der Waals surface area contributed by atoms with Crippen LogP contribution < -0.4 is 27.3 Å². The van der Waals surface area contributed by atoms with Crippen LogP contribution in [0, 0.1) is 11.8 Å². The monoisotopic (exact) mass is 457 g/mol. The maximum Gasteiger partial charge on any atom is 0.224 e. The van der Waals surface area contributed by atoms with Crippen LogP contribution in [0.25, 0.3) is 10.9 Å². The van der Waals surface area contributed by atoms with Crippen molar-refractivity contribution in [2.75, 3.05) is 23.3 Å². The van der Waals surface area contributed by atoms with Gasteiger partial charge in [0.05, 0.1) is 16.2 Å². The number of rotatable bonds is 5. The minimum atomic E-state index is 0.0309. The van der Waals surface area contributed by atoms with E-state index in [4.69, 9.17) is 28.3 Å². The lowest BCUT2D eigenvalue weighted by Gasteiger charge is -2.33. The highest BCUT2D eigenvalue weighted by Crippen LogP contribution is 2.33. The van der Waals surface area contributed by atoms with Crippen molar-refractivity contribution in [1.82, 2.24) is 10.4 Å². The third kappa shape index (κ3) is 5.07. The molecule has 1 aromatic heterocycles. The summed E-state index contributed by atoms with van der Waals surface area (Å²) >= 11 is 6.46. The molecule has 1 saturated heterocycles. The number of carbonyl (C=O) groups excluding carboxylic acids is 1. The number of aromatic nitrogens is 1. The van der Waals surface area contributed by atoms with Crippen LogP contribution in [-0.4, -0.2) is 29.8 Å². The average molecular weight is 458 g/mol. The maximum atomic E-state index is 12.7. The summed E-state index contributed by atoms with van der Waals surface area (Å²) in [6, 6.07) is 7.71. The summed E-state index contributed by atoms with van der Waals surface area (Å²) < 4.78 is 0. The summed E-state index contributed by atoms with van der Waals surface area (Å²) in [5.74, 6) is 13.2. The Morgan fingerprint density at radius 2 is 1.88 bits per heavy atom. The van der Waals surface area contributed by atoms with E-state index >= 15 is 0 Å². The second-order valence-electron chi connectivity index (χ2n) is 8.83. The largest absolute Gasteiger partial charge is 0.357 e. The Morgan fingerprint density at radius 3 is 2.56 bits per heavy atom. The predicted octanol–water partition coefficient (Wildman–Crippen LogP) is 3.75. The molecule has 0 unspecified atom stereocenters. The molecule has 6 N–H and O–H groups in total. The maximum absolute atomic E-state index is 12.7. The number of hydrazone groups is 1. The van der Waals surface area contributed by atoms with Crippen LogP contribution in [0.3, 0.4) is 0 Å². The molecule has 4 rings (SSSR count). The lowest BCUT2D eigenvalue weighted by atomic mass is 9.87. The molecule has 2 heterocycles. The molecular formula is C23H32ClN7O. The molecule has 1 amide bonds. The van der Waals surface area contributed by atoms with Crippen molar-refractivity contribution in [3.63, 3.8) is 0 Å². The number of pyridine rings is 1. The highest BCUT2D eigenvalue weighted by Gasteiger charge is 2.24. The van der Waals surface area contributed by atoms with E-state index in [1.165, 1.54) is 19.3 Å². The van der Waals surface area contributed by atoms with Gasteiger partial charge >= 0.3 is 0 Å². The summed E-state index contributed by atoms with van der Waals surface area (Å²) in [6.07, 6.45) is 8.34. The van der Waals surface area contributed by atoms with Crippen LogP contribution in [0.5, 0.6) is 0 Å². The van der Waals surface area contributed by atoms with Crippen LogP contribution in [0.1, 0.15) is 51.4 Å². The van der Waals surface area contributed by atoms with Gasteiger partial charge in [0.15, 0.2) is 0 Å². The molecule has 0 bridgehead atoms. The second kappa shape index (κ2) is 10.4. The van der Waals surface area contributed by atoms with Crippen molar-refractivity contribution in [3.05, 3.63) is 29.3 Å². The van der Waals surface area contributed by atoms with E-state index in [0.717, 1.165) is 55.5 Å². The zero-order chi connectivity index (χ0) is 22.5. The molecule has 0 spiro atoms. The number of anilines is 2. The standard InChI is InChI=1S/C23H32ClN7O/c24-18-7-8-19-17(22(18)28-21(32)14-15-4-2-1-3-5-15)6-9-20(27-19)31-12-10-16(11-13-31)23(29-25)30-26/h6-9,15-16H,1-5,10-14,25-26H2,(H,28,32)(H,29,30). The van der Waals surface area contributed by atoms with Gasteiger partial charge in [-0.1, -0.05) is 30.9 Å². The number of piperidine rings is 1. The number of hydrazine groups is 1. The molecular weight excluding hydrogens is 426 g/mol. The first-order chi connectivity index (χ1) is 15.6. The molecule has 172 valence electrons. The number of hydrogen-bond acceptors (Lipinski definition) is 6. The summed E-state index contributed by atoms with van der Waals surface area (Å²) in [5, 5.41) is 8.20. The number of carbonyl (C=O) groups is 1. The first-order valence-electron chi connectivity index (χ1n) is 11.5. The van der Waals surface area contributed by atoms with Gasteiger partial charge in [-0.25, -0.2) is 10.8 Å². The van der Waals surface area contributed by atoms with E-state index in [1.807, 2.05) is 18.2 Å². The Balaban J connectivity index is 1.47. The van der Waals surface area contributed by atoms with Crippen molar-refractivity contribution in [2.45, 2.75) is 51.4 Å². The average Bonchev–Trinajstić information content (AvgIpc) is 2.82. The Labute approximate surface area is 193 Å². The van der Waals surface area contributed by atoms with Crippen LogP contribution in [0.2, 0.25) is 5.02 Å². The summed E-state index contributed by atoms with van der Waals surface area (Å²) in [5.41, 5.74) is 4.06. The quantitative estimate of drug-likeness (QED) is 0.235. The molecule has 1 aromatic carbocycles. The number of halogens is 1. The Kier molecular flexibility index (Phi) is 7.32. The minimum Gasteiger partial charge on any atom is -0.357 e. The van der Waals surface area contributed by atoms with Gasteiger partial charge in [0.25, 0.3) is 0 Å². The Morgan fingerprint density at radius 1 is 1.12 bits per heavy atom. The molecule has 2 fully saturated rings.